The molecule has 0 spiro atoms. The molecule has 0 atom stereocenters. The van der Waals surface area contributed by atoms with Crippen LogP contribution in [0.4, 0.5) is 11.5 Å². The summed E-state index contributed by atoms with van der Waals surface area (Å²) in [5.74, 6) is 1.76. The predicted molar refractivity (Wildman–Crippen MR) is 128 cm³/mol. The molecule has 1 aliphatic rings. The van der Waals surface area contributed by atoms with Gasteiger partial charge in [-0.2, -0.15) is 0 Å². The molecule has 1 aromatic heterocycles. The number of carbonyl (C=O) groups excluding carboxylic acids is 1. The van der Waals surface area contributed by atoms with Gasteiger partial charge in [-0.1, -0.05) is 6.07 Å². The molecular weight excluding hydrogens is 402 g/mol. The molecule has 1 fully saturated rings. The first-order chi connectivity index (χ1) is 15.5. The minimum absolute atomic E-state index is 0.0743. The Morgan fingerprint density at radius 1 is 0.969 bits per heavy atom. The predicted octanol–water partition coefficient (Wildman–Crippen LogP) is 3.57. The van der Waals surface area contributed by atoms with Crippen molar-refractivity contribution in [3.63, 3.8) is 0 Å². The zero-order valence-electron chi connectivity index (χ0n) is 18.9. The molecule has 0 bridgehead atoms. The highest BCUT2D eigenvalue weighted by Gasteiger charge is 2.23. The van der Waals surface area contributed by atoms with E-state index in [9.17, 15) is 4.79 Å². The van der Waals surface area contributed by atoms with Gasteiger partial charge in [-0.25, -0.2) is 0 Å². The summed E-state index contributed by atoms with van der Waals surface area (Å²) < 4.78 is 5.49. The van der Waals surface area contributed by atoms with Crippen LogP contribution in [0.25, 0.3) is 11.3 Å². The van der Waals surface area contributed by atoms with Crippen molar-refractivity contribution >= 4 is 17.4 Å². The molecule has 0 aliphatic carbocycles. The maximum absolute atomic E-state index is 12.9. The second-order valence-corrected chi connectivity index (χ2v) is 7.96. The van der Waals surface area contributed by atoms with Crippen LogP contribution in [-0.4, -0.2) is 67.9 Å². The molecule has 0 saturated carbocycles. The first kappa shape index (κ1) is 21.6. The topological polar surface area (TPSA) is 61.8 Å². The third-order valence-electron chi connectivity index (χ3n) is 5.61. The van der Waals surface area contributed by atoms with Crippen molar-refractivity contribution in [2.75, 3.05) is 56.7 Å². The number of hydrogen-bond donors (Lipinski definition) is 0. The highest BCUT2D eigenvalue weighted by Crippen LogP contribution is 2.23. The summed E-state index contributed by atoms with van der Waals surface area (Å²) in [6.45, 7) is 5.40. The molecular formula is C25H29N5O2. The van der Waals surface area contributed by atoms with Crippen LogP contribution in [0.1, 0.15) is 17.3 Å². The average Bonchev–Trinajstić information content (AvgIpc) is 2.84. The van der Waals surface area contributed by atoms with Gasteiger partial charge in [0.2, 0.25) is 0 Å². The molecule has 1 saturated heterocycles. The second-order valence-electron chi connectivity index (χ2n) is 7.96. The molecule has 166 valence electrons. The number of aromatic nitrogens is 2. The standard InChI is InChI=1S/C25H29N5O2/c1-4-32-22-10-8-19(9-11-22)23-12-13-24(27-26-23)29-14-16-30(17-15-29)25(31)20-6-5-7-21(18-20)28(2)3/h5-13,18H,4,14-17H2,1-3H3. The smallest absolute Gasteiger partial charge is 0.254 e. The van der Waals surface area contributed by atoms with E-state index in [1.165, 1.54) is 0 Å². The van der Waals surface area contributed by atoms with Crippen LogP contribution in [0, 0.1) is 0 Å². The Morgan fingerprint density at radius 3 is 2.34 bits per heavy atom. The fourth-order valence-electron chi connectivity index (χ4n) is 3.77. The lowest BCUT2D eigenvalue weighted by atomic mass is 10.1. The molecule has 2 aromatic carbocycles. The number of anilines is 2. The SMILES string of the molecule is CCOc1ccc(-c2ccc(N3CCN(C(=O)c4cccc(N(C)C)c4)CC3)nn2)cc1. The maximum atomic E-state index is 12.9. The van der Waals surface area contributed by atoms with Gasteiger partial charge in [0.15, 0.2) is 5.82 Å². The van der Waals surface area contributed by atoms with Crippen molar-refractivity contribution < 1.29 is 9.53 Å². The van der Waals surface area contributed by atoms with E-state index < -0.39 is 0 Å². The lowest BCUT2D eigenvalue weighted by Gasteiger charge is -2.35. The van der Waals surface area contributed by atoms with Gasteiger partial charge in [0.05, 0.1) is 12.3 Å². The highest BCUT2D eigenvalue weighted by atomic mass is 16.5. The zero-order chi connectivity index (χ0) is 22.5. The van der Waals surface area contributed by atoms with Crippen molar-refractivity contribution in [2.24, 2.45) is 0 Å². The molecule has 1 amide bonds. The molecule has 7 heteroatoms. The highest BCUT2D eigenvalue weighted by molar-refractivity contribution is 5.95. The largest absolute Gasteiger partial charge is 0.494 e. The van der Waals surface area contributed by atoms with Crippen molar-refractivity contribution in [1.82, 2.24) is 15.1 Å². The van der Waals surface area contributed by atoms with E-state index in [0.29, 0.717) is 19.7 Å². The Morgan fingerprint density at radius 2 is 1.72 bits per heavy atom. The third-order valence-corrected chi connectivity index (χ3v) is 5.61. The molecule has 1 aliphatic heterocycles. The quantitative estimate of drug-likeness (QED) is 0.595. The molecule has 0 radical (unpaired) electrons. The third kappa shape index (κ3) is 4.82. The van der Waals surface area contributed by atoms with Gasteiger partial charge in [-0.05, 0) is 61.5 Å². The van der Waals surface area contributed by atoms with E-state index in [1.54, 1.807) is 0 Å². The zero-order valence-corrected chi connectivity index (χ0v) is 18.9. The lowest BCUT2D eigenvalue weighted by molar-refractivity contribution is 0.0746. The van der Waals surface area contributed by atoms with Gasteiger partial charge in [0, 0.05) is 57.1 Å². The normalized spacial score (nSPS) is 13.7. The molecule has 32 heavy (non-hydrogen) atoms. The average molecular weight is 432 g/mol. The van der Waals surface area contributed by atoms with Crippen LogP contribution >= 0.6 is 0 Å². The van der Waals surface area contributed by atoms with Crippen molar-refractivity contribution in [3.8, 4) is 17.0 Å². The van der Waals surface area contributed by atoms with Crippen LogP contribution in [0.15, 0.2) is 60.7 Å². The molecule has 0 N–H and O–H groups in total. The Labute approximate surface area is 189 Å². The number of carbonyl (C=O) groups is 1. The van der Waals surface area contributed by atoms with Crippen LogP contribution < -0.4 is 14.5 Å². The monoisotopic (exact) mass is 431 g/mol. The Balaban J connectivity index is 1.37. The number of benzene rings is 2. The van der Waals surface area contributed by atoms with E-state index in [4.69, 9.17) is 4.74 Å². The number of hydrogen-bond acceptors (Lipinski definition) is 6. The van der Waals surface area contributed by atoms with Crippen molar-refractivity contribution in [3.05, 3.63) is 66.2 Å². The van der Waals surface area contributed by atoms with E-state index in [2.05, 4.69) is 15.1 Å². The van der Waals surface area contributed by atoms with Crippen LogP contribution in [0.2, 0.25) is 0 Å². The molecule has 4 rings (SSSR count). The molecule has 2 heterocycles. The fourth-order valence-corrected chi connectivity index (χ4v) is 3.77. The summed E-state index contributed by atoms with van der Waals surface area (Å²) in [6, 6.07) is 19.6. The Bertz CT molecular complexity index is 1040. The fraction of sp³-hybridized carbons (Fsp3) is 0.320. The number of amides is 1. The van der Waals surface area contributed by atoms with Gasteiger partial charge in [0.1, 0.15) is 5.75 Å². The summed E-state index contributed by atoms with van der Waals surface area (Å²) in [7, 11) is 3.95. The summed E-state index contributed by atoms with van der Waals surface area (Å²) in [4.78, 5) is 19.0. The van der Waals surface area contributed by atoms with Crippen LogP contribution in [0.3, 0.4) is 0 Å². The first-order valence-corrected chi connectivity index (χ1v) is 10.9. The summed E-state index contributed by atoms with van der Waals surface area (Å²) >= 11 is 0. The summed E-state index contributed by atoms with van der Waals surface area (Å²) in [5.41, 5.74) is 3.58. The Hall–Kier alpha value is -3.61. The molecule has 7 nitrogen and oxygen atoms in total. The van der Waals surface area contributed by atoms with E-state index >= 15 is 0 Å². The lowest BCUT2D eigenvalue weighted by Crippen LogP contribution is -2.49. The minimum Gasteiger partial charge on any atom is -0.494 e. The van der Waals surface area contributed by atoms with Gasteiger partial charge < -0.3 is 19.4 Å². The number of rotatable bonds is 6. The van der Waals surface area contributed by atoms with Crippen LogP contribution in [0.5, 0.6) is 5.75 Å². The minimum atomic E-state index is 0.0743. The van der Waals surface area contributed by atoms with Gasteiger partial charge in [-0.3, -0.25) is 4.79 Å². The summed E-state index contributed by atoms with van der Waals surface area (Å²) in [6.07, 6.45) is 0. The number of ether oxygens (including phenoxy) is 1. The van der Waals surface area contributed by atoms with E-state index in [0.717, 1.165) is 47.2 Å². The first-order valence-electron chi connectivity index (χ1n) is 10.9. The van der Waals surface area contributed by atoms with Crippen molar-refractivity contribution in [2.45, 2.75) is 6.92 Å². The van der Waals surface area contributed by atoms with Gasteiger partial charge in [-0.15, -0.1) is 10.2 Å². The number of piperazine rings is 1. The second kappa shape index (κ2) is 9.68. The molecule has 0 unspecified atom stereocenters. The maximum Gasteiger partial charge on any atom is 0.254 e. The Kier molecular flexibility index (Phi) is 6.54. The van der Waals surface area contributed by atoms with E-state index in [1.807, 2.05) is 91.5 Å². The van der Waals surface area contributed by atoms with Crippen molar-refractivity contribution in [1.29, 1.82) is 0 Å². The van der Waals surface area contributed by atoms with Gasteiger partial charge >= 0.3 is 0 Å². The van der Waals surface area contributed by atoms with E-state index in [-0.39, 0.29) is 5.91 Å². The summed E-state index contributed by atoms with van der Waals surface area (Å²) in [5, 5.41) is 8.84. The molecule has 3 aromatic rings. The van der Waals surface area contributed by atoms with Crippen LogP contribution in [-0.2, 0) is 0 Å². The van der Waals surface area contributed by atoms with Gasteiger partial charge in [0.25, 0.3) is 5.91 Å². The number of nitrogens with zero attached hydrogens (tertiary/aromatic N) is 5.